The summed E-state index contributed by atoms with van der Waals surface area (Å²) >= 11 is 0. The van der Waals surface area contributed by atoms with Gasteiger partial charge >= 0.3 is 17.8 Å². The van der Waals surface area contributed by atoms with E-state index in [-0.39, 0.29) is 19.7 Å². The third-order valence-electron chi connectivity index (χ3n) is 6.37. The predicted molar refractivity (Wildman–Crippen MR) is 162 cm³/mol. The van der Waals surface area contributed by atoms with E-state index in [0.29, 0.717) is 0 Å². The molecule has 0 bridgehead atoms. The number of rotatable bonds is 8. The number of nitrogens with zero attached hydrogens (tertiary/aromatic N) is 1. The highest BCUT2D eigenvalue weighted by atomic mass is 16.6. The first-order chi connectivity index (χ1) is 19.6. The highest BCUT2D eigenvalue weighted by Gasteiger charge is 2.24. The SMILES string of the molecule is CCOC(=O)C(=O)N(Cc1ccccc1)Cc1ccc(-c2cccc3ccccc23)cc1C=CC(=O)OC(C)(C)C. The van der Waals surface area contributed by atoms with Gasteiger partial charge in [-0.15, -0.1) is 0 Å². The van der Waals surface area contributed by atoms with Gasteiger partial charge in [0.1, 0.15) is 5.60 Å². The lowest BCUT2D eigenvalue weighted by Gasteiger charge is -2.23. The van der Waals surface area contributed by atoms with E-state index in [2.05, 4.69) is 24.3 Å². The Balaban J connectivity index is 1.76. The van der Waals surface area contributed by atoms with E-state index in [1.165, 1.54) is 11.0 Å². The quantitative estimate of drug-likeness (QED) is 0.135. The Morgan fingerprint density at radius 3 is 2.27 bits per heavy atom. The number of hydrogen-bond donors (Lipinski definition) is 0. The number of fused-ring (bicyclic) bond motifs is 1. The molecule has 0 saturated carbocycles. The summed E-state index contributed by atoms with van der Waals surface area (Å²) in [5.74, 6) is -2.10. The molecule has 0 radical (unpaired) electrons. The van der Waals surface area contributed by atoms with Gasteiger partial charge in [0.25, 0.3) is 0 Å². The molecule has 0 N–H and O–H groups in total. The number of hydrogen-bond acceptors (Lipinski definition) is 5. The van der Waals surface area contributed by atoms with Gasteiger partial charge in [-0.25, -0.2) is 9.59 Å². The van der Waals surface area contributed by atoms with Crippen molar-refractivity contribution in [3.63, 3.8) is 0 Å². The molecule has 0 aliphatic carbocycles. The maximum atomic E-state index is 13.2. The van der Waals surface area contributed by atoms with E-state index in [4.69, 9.17) is 9.47 Å². The van der Waals surface area contributed by atoms with Crippen LogP contribution < -0.4 is 0 Å². The second-order valence-electron chi connectivity index (χ2n) is 10.7. The van der Waals surface area contributed by atoms with Gasteiger partial charge in [-0.3, -0.25) is 4.79 Å². The standard InChI is InChI=1S/C35H35NO5/c1-5-40-34(39)33(38)36(23-25-12-7-6-8-13-25)24-29-19-18-28(22-27(29)20-21-32(37)41-35(2,3)4)31-17-11-15-26-14-9-10-16-30(26)31/h6-22H,5,23-24H2,1-4H3. The van der Waals surface area contributed by atoms with Crippen LogP contribution in [-0.4, -0.2) is 35.0 Å². The monoisotopic (exact) mass is 549 g/mol. The molecule has 0 aromatic heterocycles. The highest BCUT2D eigenvalue weighted by molar-refractivity contribution is 6.32. The fourth-order valence-electron chi connectivity index (χ4n) is 4.56. The van der Waals surface area contributed by atoms with Crippen molar-refractivity contribution in [1.82, 2.24) is 4.90 Å². The summed E-state index contributed by atoms with van der Waals surface area (Å²) in [5, 5.41) is 2.22. The molecular weight excluding hydrogens is 514 g/mol. The van der Waals surface area contributed by atoms with Crippen LogP contribution >= 0.6 is 0 Å². The second kappa shape index (κ2) is 13.1. The van der Waals surface area contributed by atoms with E-state index in [9.17, 15) is 14.4 Å². The minimum absolute atomic E-state index is 0.105. The Labute approximate surface area is 241 Å². The number of esters is 2. The van der Waals surface area contributed by atoms with Crippen molar-refractivity contribution in [2.75, 3.05) is 6.61 Å². The van der Waals surface area contributed by atoms with Crippen LogP contribution in [0.25, 0.3) is 28.0 Å². The van der Waals surface area contributed by atoms with E-state index in [1.807, 2.05) is 87.5 Å². The summed E-state index contributed by atoms with van der Waals surface area (Å²) < 4.78 is 10.5. The topological polar surface area (TPSA) is 72.9 Å². The molecule has 6 nitrogen and oxygen atoms in total. The first kappa shape index (κ1) is 29.3. The van der Waals surface area contributed by atoms with Gasteiger partial charge in [-0.2, -0.15) is 0 Å². The van der Waals surface area contributed by atoms with Crippen molar-refractivity contribution in [3.8, 4) is 11.1 Å². The second-order valence-corrected chi connectivity index (χ2v) is 10.7. The largest absolute Gasteiger partial charge is 0.459 e. The minimum atomic E-state index is -0.901. The molecule has 0 aliphatic rings. The summed E-state index contributed by atoms with van der Waals surface area (Å²) in [6.07, 6.45) is 3.10. The molecule has 4 aromatic rings. The number of benzene rings is 4. The molecular formula is C35H35NO5. The lowest BCUT2D eigenvalue weighted by molar-refractivity contribution is -0.160. The fraction of sp³-hybridized carbons (Fsp3) is 0.229. The Morgan fingerprint density at radius 1 is 0.829 bits per heavy atom. The third kappa shape index (κ3) is 7.92. The zero-order valence-electron chi connectivity index (χ0n) is 23.9. The van der Waals surface area contributed by atoms with E-state index >= 15 is 0 Å². The van der Waals surface area contributed by atoms with Crippen molar-refractivity contribution in [2.24, 2.45) is 0 Å². The maximum Gasteiger partial charge on any atom is 0.397 e. The van der Waals surface area contributed by atoms with Crippen LogP contribution in [-0.2, 0) is 36.9 Å². The van der Waals surface area contributed by atoms with E-state index < -0.39 is 23.4 Å². The van der Waals surface area contributed by atoms with Gasteiger partial charge in [0.15, 0.2) is 0 Å². The van der Waals surface area contributed by atoms with Crippen LogP contribution in [0, 0.1) is 0 Å². The lowest BCUT2D eigenvalue weighted by Crippen LogP contribution is -2.37. The van der Waals surface area contributed by atoms with E-state index in [1.54, 1.807) is 13.0 Å². The van der Waals surface area contributed by atoms with Crippen molar-refractivity contribution >= 4 is 34.7 Å². The van der Waals surface area contributed by atoms with Crippen LogP contribution in [0.3, 0.4) is 0 Å². The average Bonchev–Trinajstić information content (AvgIpc) is 2.95. The molecule has 0 saturated heterocycles. The first-order valence-electron chi connectivity index (χ1n) is 13.7. The van der Waals surface area contributed by atoms with Crippen LogP contribution in [0.4, 0.5) is 0 Å². The molecule has 4 rings (SSSR count). The molecule has 0 aliphatic heterocycles. The summed E-state index contributed by atoms with van der Waals surface area (Å²) in [6.45, 7) is 7.57. The summed E-state index contributed by atoms with van der Waals surface area (Å²) in [7, 11) is 0. The predicted octanol–water partition coefficient (Wildman–Crippen LogP) is 6.95. The van der Waals surface area contributed by atoms with Gasteiger partial charge in [0.2, 0.25) is 0 Å². The normalized spacial score (nSPS) is 11.4. The molecule has 41 heavy (non-hydrogen) atoms. The Morgan fingerprint density at radius 2 is 1.54 bits per heavy atom. The number of amides is 1. The van der Waals surface area contributed by atoms with Crippen molar-refractivity contribution in [2.45, 2.75) is 46.4 Å². The van der Waals surface area contributed by atoms with Gasteiger partial charge in [0, 0.05) is 19.2 Å². The maximum absolute atomic E-state index is 13.2. The fourth-order valence-corrected chi connectivity index (χ4v) is 4.56. The average molecular weight is 550 g/mol. The molecule has 1 amide bonds. The summed E-state index contributed by atoms with van der Waals surface area (Å²) in [4.78, 5) is 39.7. The molecule has 0 atom stereocenters. The zero-order valence-corrected chi connectivity index (χ0v) is 23.9. The Bertz CT molecular complexity index is 1560. The lowest BCUT2D eigenvalue weighted by atomic mass is 9.94. The molecule has 0 spiro atoms. The summed E-state index contributed by atoms with van der Waals surface area (Å²) in [5.41, 5.74) is 3.75. The van der Waals surface area contributed by atoms with Crippen molar-refractivity contribution < 1.29 is 23.9 Å². The minimum Gasteiger partial charge on any atom is -0.459 e. The first-order valence-corrected chi connectivity index (χ1v) is 13.7. The molecule has 0 heterocycles. The third-order valence-corrected chi connectivity index (χ3v) is 6.37. The Hall–Kier alpha value is -4.71. The molecule has 0 fully saturated rings. The summed E-state index contributed by atoms with van der Waals surface area (Å²) in [6, 6.07) is 29.7. The molecule has 210 valence electrons. The number of carbonyl (C=O) groups is 3. The van der Waals surface area contributed by atoms with E-state index in [0.717, 1.165) is 38.6 Å². The molecule has 0 unspecified atom stereocenters. The van der Waals surface area contributed by atoms with Gasteiger partial charge in [-0.1, -0.05) is 84.9 Å². The van der Waals surface area contributed by atoms with Crippen LogP contribution in [0.5, 0.6) is 0 Å². The number of carbonyl (C=O) groups excluding carboxylic acids is 3. The van der Waals surface area contributed by atoms with Crippen molar-refractivity contribution in [1.29, 1.82) is 0 Å². The van der Waals surface area contributed by atoms with Crippen LogP contribution in [0.2, 0.25) is 0 Å². The smallest absolute Gasteiger partial charge is 0.397 e. The molecule has 4 aromatic carbocycles. The van der Waals surface area contributed by atoms with Crippen LogP contribution in [0.1, 0.15) is 44.4 Å². The van der Waals surface area contributed by atoms with Crippen molar-refractivity contribution in [3.05, 3.63) is 114 Å². The number of ether oxygens (including phenoxy) is 2. The van der Waals surface area contributed by atoms with Gasteiger partial charge < -0.3 is 14.4 Å². The molecule has 6 heteroatoms. The highest BCUT2D eigenvalue weighted by Crippen LogP contribution is 2.31. The Kier molecular flexibility index (Phi) is 9.35. The van der Waals surface area contributed by atoms with Gasteiger partial charge in [-0.05, 0) is 78.4 Å². The van der Waals surface area contributed by atoms with Gasteiger partial charge in [0.05, 0.1) is 6.61 Å². The zero-order chi connectivity index (χ0) is 29.4. The van der Waals surface area contributed by atoms with Crippen LogP contribution in [0.15, 0.2) is 97.1 Å².